The Morgan fingerprint density at radius 3 is 2.62 bits per heavy atom. The lowest BCUT2D eigenvalue weighted by Crippen LogP contribution is -2.30. The van der Waals surface area contributed by atoms with Gasteiger partial charge in [-0.3, -0.25) is 4.79 Å². The van der Waals surface area contributed by atoms with Gasteiger partial charge < -0.3 is 10.1 Å². The van der Waals surface area contributed by atoms with E-state index in [1.54, 1.807) is 18.7 Å². The van der Waals surface area contributed by atoms with Crippen LogP contribution in [-0.2, 0) is 4.79 Å². The lowest BCUT2D eigenvalue weighted by Gasteiger charge is -2.15. The predicted molar refractivity (Wildman–Crippen MR) is 83.3 cm³/mol. The number of thioether (sulfide) groups is 1. The van der Waals surface area contributed by atoms with Crippen molar-refractivity contribution in [2.45, 2.75) is 17.9 Å². The zero-order valence-electron chi connectivity index (χ0n) is 11.8. The molecule has 21 heavy (non-hydrogen) atoms. The number of nitrogens with one attached hydrogen (secondary N) is 1. The second kappa shape index (κ2) is 7.13. The average molecular weight is 305 g/mol. The van der Waals surface area contributed by atoms with Gasteiger partial charge in [0.1, 0.15) is 11.6 Å². The number of halogens is 1. The molecular formula is C16H16FNO2S. The van der Waals surface area contributed by atoms with Crippen molar-refractivity contribution in [3.63, 3.8) is 0 Å². The summed E-state index contributed by atoms with van der Waals surface area (Å²) in [5.74, 6) is -0.136. The summed E-state index contributed by atoms with van der Waals surface area (Å²) in [6.45, 7) is 1.65. The molecule has 0 aromatic heterocycles. The van der Waals surface area contributed by atoms with Crippen molar-refractivity contribution in [1.29, 1.82) is 0 Å². The molecule has 1 amide bonds. The van der Waals surface area contributed by atoms with Crippen LogP contribution in [0, 0.1) is 5.82 Å². The number of benzene rings is 2. The van der Waals surface area contributed by atoms with Crippen LogP contribution in [0.2, 0.25) is 0 Å². The third-order valence-corrected chi connectivity index (χ3v) is 3.56. The van der Waals surface area contributed by atoms with E-state index in [0.717, 1.165) is 10.6 Å². The molecule has 2 rings (SSSR count). The summed E-state index contributed by atoms with van der Waals surface area (Å²) >= 11 is 1.60. The number of amides is 1. The molecule has 110 valence electrons. The van der Waals surface area contributed by atoms with E-state index < -0.39 is 6.10 Å². The van der Waals surface area contributed by atoms with Gasteiger partial charge in [-0.15, -0.1) is 11.8 Å². The minimum atomic E-state index is -0.673. The van der Waals surface area contributed by atoms with E-state index in [2.05, 4.69) is 5.32 Å². The van der Waals surface area contributed by atoms with Gasteiger partial charge in [-0.05, 0) is 55.6 Å². The van der Waals surface area contributed by atoms with E-state index >= 15 is 0 Å². The molecule has 0 spiro atoms. The predicted octanol–water partition coefficient (Wildman–Crippen LogP) is 3.95. The first-order valence-electron chi connectivity index (χ1n) is 6.45. The van der Waals surface area contributed by atoms with Crippen molar-refractivity contribution in [1.82, 2.24) is 0 Å². The van der Waals surface area contributed by atoms with Crippen molar-refractivity contribution in [2.24, 2.45) is 0 Å². The average Bonchev–Trinajstić information content (AvgIpc) is 2.49. The first-order chi connectivity index (χ1) is 10.1. The van der Waals surface area contributed by atoms with Gasteiger partial charge in [-0.2, -0.15) is 0 Å². The summed E-state index contributed by atoms with van der Waals surface area (Å²) in [6.07, 6.45) is 1.30. The SMILES string of the molecule is CSc1cccc(NC(=O)C(C)Oc2ccc(F)cc2)c1. The first-order valence-corrected chi connectivity index (χ1v) is 7.68. The van der Waals surface area contributed by atoms with Crippen LogP contribution in [0.15, 0.2) is 53.4 Å². The molecule has 2 aromatic rings. The maximum Gasteiger partial charge on any atom is 0.265 e. The molecule has 1 unspecified atom stereocenters. The van der Waals surface area contributed by atoms with Crippen LogP contribution in [0.1, 0.15) is 6.92 Å². The fourth-order valence-corrected chi connectivity index (χ4v) is 2.17. The van der Waals surface area contributed by atoms with Crippen LogP contribution in [0.3, 0.4) is 0 Å². The van der Waals surface area contributed by atoms with Crippen LogP contribution in [0.25, 0.3) is 0 Å². The molecule has 0 saturated carbocycles. The van der Waals surface area contributed by atoms with Gasteiger partial charge in [0.15, 0.2) is 6.10 Å². The molecule has 0 aliphatic rings. The Hall–Kier alpha value is -2.01. The minimum Gasteiger partial charge on any atom is -0.481 e. The normalized spacial score (nSPS) is 11.8. The Balaban J connectivity index is 1.97. The molecule has 1 N–H and O–H groups in total. The maximum atomic E-state index is 12.8. The summed E-state index contributed by atoms with van der Waals surface area (Å²) < 4.78 is 18.3. The second-order valence-corrected chi connectivity index (χ2v) is 5.31. The zero-order chi connectivity index (χ0) is 15.2. The Bertz CT molecular complexity index is 616. The smallest absolute Gasteiger partial charge is 0.265 e. The van der Waals surface area contributed by atoms with Crippen molar-refractivity contribution < 1.29 is 13.9 Å². The van der Waals surface area contributed by atoms with E-state index in [0.29, 0.717) is 5.75 Å². The molecule has 3 nitrogen and oxygen atoms in total. The number of carbonyl (C=O) groups is 1. The summed E-state index contributed by atoms with van der Waals surface area (Å²) in [5, 5.41) is 2.80. The van der Waals surface area contributed by atoms with E-state index in [9.17, 15) is 9.18 Å². The molecule has 0 aliphatic heterocycles. The highest BCUT2D eigenvalue weighted by molar-refractivity contribution is 7.98. The number of carbonyl (C=O) groups excluding carboxylic acids is 1. The van der Waals surface area contributed by atoms with E-state index in [1.165, 1.54) is 24.3 Å². The highest BCUT2D eigenvalue weighted by Gasteiger charge is 2.15. The van der Waals surface area contributed by atoms with Crippen LogP contribution in [0.5, 0.6) is 5.75 Å². The Labute approximate surface area is 127 Å². The van der Waals surface area contributed by atoms with Gasteiger partial charge in [0.05, 0.1) is 0 Å². The number of anilines is 1. The van der Waals surface area contributed by atoms with Crippen molar-refractivity contribution >= 4 is 23.4 Å². The lowest BCUT2D eigenvalue weighted by molar-refractivity contribution is -0.122. The molecule has 0 heterocycles. The molecule has 0 bridgehead atoms. The number of ether oxygens (including phenoxy) is 1. The number of rotatable bonds is 5. The van der Waals surface area contributed by atoms with Gasteiger partial charge in [0.2, 0.25) is 0 Å². The van der Waals surface area contributed by atoms with E-state index in [-0.39, 0.29) is 11.7 Å². The van der Waals surface area contributed by atoms with Crippen LogP contribution < -0.4 is 10.1 Å². The van der Waals surface area contributed by atoms with Gasteiger partial charge in [-0.25, -0.2) is 4.39 Å². The van der Waals surface area contributed by atoms with Crippen molar-refractivity contribution in [3.05, 3.63) is 54.3 Å². The Kier molecular flexibility index (Phi) is 5.22. The second-order valence-electron chi connectivity index (χ2n) is 4.44. The summed E-state index contributed by atoms with van der Waals surface area (Å²) in [5.41, 5.74) is 0.724. The molecule has 0 saturated heterocycles. The molecule has 5 heteroatoms. The summed E-state index contributed by atoms with van der Waals surface area (Å²) in [4.78, 5) is 13.1. The minimum absolute atomic E-state index is 0.252. The fourth-order valence-electron chi connectivity index (χ4n) is 1.72. The fraction of sp³-hybridized carbons (Fsp3) is 0.188. The van der Waals surface area contributed by atoms with Crippen molar-refractivity contribution in [3.8, 4) is 5.75 Å². The highest BCUT2D eigenvalue weighted by Crippen LogP contribution is 2.19. The van der Waals surface area contributed by atoms with Crippen LogP contribution >= 0.6 is 11.8 Å². The van der Waals surface area contributed by atoms with Gasteiger partial charge in [0, 0.05) is 10.6 Å². The molecule has 0 aliphatic carbocycles. The van der Waals surface area contributed by atoms with Gasteiger partial charge in [-0.1, -0.05) is 6.07 Å². The third-order valence-electron chi connectivity index (χ3n) is 2.83. The Morgan fingerprint density at radius 2 is 1.95 bits per heavy atom. The zero-order valence-corrected chi connectivity index (χ0v) is 12.6. The molecule has 0 radical (unpaired) electrons. The van der Waals surface area contributed by atoms with Gasteiger partial charge in [0.25, 0.3) is 5.91 Å². The molecular weight excluding hydrogens is 289 g/mol. The van der Waals surface area contributed by atoms with Gasteiger partial charge >= 0.3 is 0 Å². The standard InChI is InChI=1S/C16H16FNO2S/c1-11(20-14-8-6-12(17)7-9-14)16(19)18-13-4-3-5-15(10-13)21-2/h3-11H,1-2H3,(H,18,19). The van der Waals surface area contributed by atoms with E-state index in [1.807, 2.05) is 30.5 Å². The monoisotopic (exact) mass is 305 g/mol. The largest absolute Gasteiger partial charge is 0.481 e. The first kappa shape index (κ1) is 15.4. The maximum absolute atomic E-state index is 12.8. The van der Waals surface area contributed by atoms with Crippen molar-refractivity contribution in [2.75, 3.05) is 11.6 Å². The molecule has 1 atom stereocenters. The lowest BCUT2D eigenvalue weighted by atomic mass is 10.3. The van der Waals surface area contributed by atoms with E-state index in [4.69, 9.17) is 4.74 Å². The summed E-state index contributed by atoms with van der Waals surface area (Å²) in [7, 11) is 0. The topological polar surface area (TPSA) is 38.3 Å². The summed E-state index contributed by atoms with van der Waals surface area (Å²) in [6, 6.07) is 13.1. The highest BCUT2D eigenvalue weighted by atomic mass is 32.2. The van der Waals surface area contributed by atoms with Crippen LogP contribution in [-0.4, -0.2) is 18.3 Å². The molecule has 2 aromatic carbocycles. The Morgan fingerprint density at radius 1 is 1.24 bits per heavy atom. The number of hydrogen-bond acceptors (Lipinski definition) is 3. The third kappa shape index (κ3) is 4.49. The number of hydrogen-bond donors (Lipinski definition) is 1. The molecule has 0 fully saturated rings. The quantitative estimate of drug-likeness (QED) is 0.850. The van der Waals surface area contributed by atoms with Crippen LogP contribution in [0.4, 0.5) is 10.1 Å².